The molecule has 1 aromatic rings. The number of nitrogens with zero attached hydrogens (tertiary/aromatic N) is 3. The molecule has 0 aliphatic carbocycles. The Morgan fingerprint density at radius 2 is 2.12 bits per heavy atom. The fourth-order valence-electron chi connectivity index (χ4n) is 1.09. The largest absolute Gasteiger partial charge is 0.342 e. The second-order valence-corrected chi connectivity index (χ2v) is 5.52. The van der Waals surface area contributed by atoms with Gasteiger partial charge in [-0.05, 0) is 45.7 Å². The minimum Gasteiger partial charge on any atom is -0.342 e. The van der Waals surface area contributed by atoms with Gasteiger partial charge in [-0.15, -0.1) is 0 Å². The van der Waals surface area contributed by atoms with E-state index in [9.17, 15) is 9.59 Å². The van der Waals surface area contributed by atoms with Crippen LogP contribution >= 0.6 is 31.9 Å². The molecule has 7 heteroatoms. The van der Waals surface area contributed by atoms with Crippen molar-refractivity contribution in [3.8, 4) is 0 Å². The van der Waals surface area contributed by atoms with Crippen molar-refractivity contribution in [2.45, 2.75) is 26.4 Å². The SMILES string of the molecule is CC(C)N(C)C(=O)Cn1ncc(Br)c(Br)c1=O. The minimum absolute atomic E-state index is 0.0562. The van der Waals surface area contributed by atoms with Gasteiger partial charge in [0.15, 0.2) is 0 Å². The summed E-state index contributed by atoms with van der Waals surface area (Å²) in [4.78, 5) is 25.1. The summed E-state index contributed by atoms with van der Waals surface area (Å²) in [7, 11) is 1.70. The van der Waals surface area contributed by atoms with Gasteiger partial charge >= 0.3 is 0 Å². The Bertz CT molecular complexity index is 485. The van der Waals surface area contributed by atoms with E-state index < -0.39 is 0 Å². The lowest BCUT2D eigenvalue weighted by Gasteiger charge is -2.21. The Labute approximate surface area is 116 Å². The highest BCUT2D eigenvalue weighted by atomic mass is 79.9. The van der Waals surface area contributed by atoms with E-state index in [1.54, 1.807) is 11.9 Å². The van der Waals surface area contributed by atoms with Crippen molar-refractivity contribution in [1.29, 1.82) is 0 Å². The van der Waals surface area contributed by atoms with Crippen LogP contribution in [0.1, 0.15) is 13.8 Å². The van der Waals surface area contributed by atoms with Gasteiger partial charge in [0.1, 0.15) is 11.0 Å². The monoisotopic (exact) mass is 365 g/mol. The first kappa shape index (κ1) is 14.4. The maximum absolute atomic E-state index is 11.8. The molecule has 0 radical (unpaired) electrons. The molecule has 1 aromatic heterocycles. The third kappa shape index (κ3) is 3.38. The second-order valence-electron chi connectivity index (χ2n) is 3.87. The molecule has 0 unspecified atom stereocenters. The van der Waals surface area contributed by atoms with E-state index in [0.717, 1.165) is 4.68 Å². The summed E-state index contributed by atoms with van der Waals surface area (Å²) in [6.45, 7) is 3.76. The van der Waals surface area contributed by atoms with Gasteiger partial charge in [0.25, 0.3) is 5.56 Å². The fraction of sp³-hybridized carbons (Fsp3) is 0.500. The molecule has 0 saturated carbocycles. The maximum atomic E-state index is 11.8. The average molecular weight is 367 g/mol. The molecule has 0 saturated heterocycles. The van der Waals surface area contributed by atoms with Gasteiger partial charge in [-0.1, -0.05) is 0 Å². The molecule has 0 fully saturated rings. The summed E-state index contributed by atoms with van der Waals surface area (Å²) in [5.41, 5.74) is -0.329. The molecule has 1 amide bonds. The zero-order valence-corrected chi connectivity index (χ0v) is 12.9. The van der Waals surface area contributed by atoms with Gasteiger partial charge < -0.3 is 4.90 Å². The lowest BCUT2D eigenvalue weighted by Crippen LogP contribution is -2.38. The van der Waals surface area contributed by atoms with Crippen LogP contribution in [0, 0.1) is 0 Å². The highest BCUT2D eigenvalue weighted by molar-refractivity contribution is 9.13. The topological polar surface area (TPSA) is 55.2 Å². The third-order valence-corrected chi connectivity index (χ3v) is 4.30. The predicted octanol–water partition coefficient (Wildman–Crippen LogP) is 1.64. The molecule has 17 heavy (non-hydrogen) atoms. The molecule has 0 N–H and O–H groups in total. The van der Waals surface area contributed by atoms with Crippen LogP contribution in [0.5, 0.6) is 0 Å². The second kappa shape index (κ2) is 5.77. The van der Waals surface area contributed by atoms with Crippen molar-refractivity contribution in [2.24, 2.45) is 0 Å². The zero-order valence-electron chi connectivity index (χ0n) is 9.78. The van der Waals surface area contributed by atoms with Gasteiger partial charge in [0, 0.05) is 13.1 Å². The van der Waals surface area contributed by atoms with Crippen LogP contribution in [0.3, 0.4) is 0 Å². The summed E-state index contributed by atoms with van der Waals surface area (Å²) < 4.78 is 2.08. The number of hydrogen-bond donors (Lipinski definition) is 0. The number of carbonyl (C=O) groups excluding carboxylic acids is 1. The molecule has 0 aliphatic rings. The molecule has 94 valence electrons. The van der Waals surface area contributed by atoms with E-state index in [2.05, 4.69) is 37.0 Å². The minimum atomic E-state index is -0.329. The Kier molecular flexibility index (Phi) is 4.88. The smallest absolute Gasteiger partial charge is 0.282 e. The Morgan fingerprint density at radius 1 is 1.53 bits per heavy atom. The summed E-state index contributed by atoms with van der Waals surface area (Å²) in [5.74, 6) is -0.149. The van der Waals surface area contributed by atoms with E-state index in [1.807, 2.05) is 13.8 Å². The molecule has 0 spiro atoms. The van der Waals surface area contributed by atoms with Crippen LogP contribution in [0.15, 0.2) is 19.9 Å². The number of amides is 1. The summed E-state index contributed by atoms with van der Waals surface area (Å²) >= 11 is 6.32. The highest BCUT2D eigenvalue weighted by Gasteiger charge is 2.15. The van der Waals surface area contributed by atoms with Crippen molar-refractivity contribution >= 4 is 37.8 Å². The Morgan fingerprint density at radius 3 is 2.65 bits per heavy atom. The standard InChI is InChI=1S/C10H13Br2N3O2/c1-6(2)14(3)8(16)5-15-10(17)9(12)7(11)4-13-15/h4,6H,5H2,1-3H3. The number of likely N-dealkylation sites (N-methyl/N-ethyl adjacent to an activating group) is 1. The molecule has 1 rings (SSSR count). The third-order valence-electron chi connectivity index (χ3n) is 2.40. The summed E-state index contributed by atoms with van der Waals surface area (Å²) in [6, 6.07) is 0.0945. The predicted molar refractivity (Wildman–Crippen MR) is 71.8 cm³/mol. The molecular formula is C10H13Br2N3O2. The van der Waals surface area contributed by atoms with Gasteiger partial charge in [-0.25, -0.2) is 4.68 Å². The Balaban J connectivity index is 2.94. The van der Waals surface area contributed by atoms with Crippen molar-refractivity contribution < 1.29 is 4.79 Å². The maximum Gasteiger partial charge on any atom is 0.282 e. The highest BCUT2D eigenvalue weighted by Crippen LogP contribution is 2.16. The summed E-state index contributed by atoms with van der Waals surface area (Å²) in [6.07, 6.45) is 1.48. The lowest BCUT2D eigenvalue weighted by atomic mass is 10.3. The van der Waals surface area contributed by atoms with E-state index in [0.29, 0.717) is 8.95 Å². The van der Waals surface area contributed by atoms with Crippen LogP contribution in [0.4, 0.5) is 0 Å². The molecule has 0 atom stereocenters. The Hall–Kier alpha value is -0.690. The first-order chi connectivity index (χ1) is 7.84. The van der Waals surface area contributed by atoms with Crippen LogP contribution < -0.4 is 5.56 Å². The number of aromatic nitrogens is 2. The van der Waals surface area contributed by atoms with Gasteiger partial charge in [0.05, 0.1) is 10.7 Å². The molecule has 0 aliphatic heterocycles. The van der Waals surface area contributed by atoms with Gasteiger partial charge in [-0.3, -0.25) is 9.59 Å². The summed E-state index contributed by atoms with van der Waals surface area (Å²) in [5, 5.41) is 3.90. The number of carbonyl (C=O) groups is 1. The molecule has 1 heterocycles. The molecule has 0 aromatic carbocycles. The van der Waals surface area contributed by atoms with Crippen LogP contribution in [-0.2, 0) is 11.3 Å². The van der Waals surface area contributed by atoms with Gasteiger partial charge in [0.2, 0.25) is 5.91 Å². The zero-order chi connectivity index (χ0) is 13.2. The number of hydrogen-bond acceptors (Lipinski definition) is 3. The van der Waals surface area contributed by atoms with Crippen molar-refractivity contribution in [1.82, 2.24) is 14.7 Å². The molecular weight excluding hydrogens is 354 g/mol. The van der Waals surface area contributed by atoms with Crippen LogP contribution in [-0.4, -0.2) is 33.7 Å². The van der Waals surface area contributed by atoms with E-state index in [-0.39, 0.29) is 24.1 Å². The van der Waals surface area contributed by atoms with E-state index >= 15 is 0 Å². The van der Waals surface area contributed by atoms with Crippen LogP contribution in [0.25, 0.3) is 0 Å². The van der Waals surface area contributed by atoms with Crippen molar-refractivity contribution in [3.05, 3.63) is 25.5 Å². The van der Waals surface area contributed by atoms with E-state index in [1.165, 1.54) is 6.20 Å². The lowest BCUT2D eigenvalue weighted by molar-refractivity contribution is -0.132. The van der Waals surface area contributed by atoms with Crippen LogP contribution in [0.2, 0.25) is 0 Å². The van der Waals surface area contributed by atoms with Gasteiger partial charge in [-0.2, -0.15) is 5.10 Å². The average Bonchev–Trinajstić information content (AvgIpc) is 2.28. The first-order valence-electron chi connectivity index (χ1n) is 5.01. The quantitative estimate of drug-likeness (QED) is 0.817. The fourth-order valence-corrected chi connectivity index (χ4v) is 1.65. The first-order valence-corrected chi connectivity index (χ1v) is 6.60. The van der Waals surface area contributed by atoms with E-state index in [4.69, 9.17) is 0 Å². The molecule has 5 nitrogen and oxygen atoms in total. The number of halogens is 2. The molecule has 0 bridgehead atoms. The van der Waals surface area contributed by atoms with Crippen molar-refractivity contribution in [2.75, 3.05) is 7.05 Å². The van der Waals surface area contributed by atoms with Crippen molar-refractivity contribution in [3.63, 3.8) is 0 Å². The number of rotatable bonds is 3. The normalized spacial score (nSPS) is 10.7.